The summed E-state index contributed by atoms with van der Waals surface area (Å²) in [7, 11) is 0. The fourth-order valence-corrected chi connectivity index (χ4v) is 2.79. The van der Waals surface area contributed by atoms with Gasteiger partial charge in [0, 0.05) is 12.6 Å². The van der Waals surface area contributed by atoms with Gasteiger partial charge in [-0.05, 0) is 30.9 Å². The summed E-state index contributed by atoms with van der Waals surface area (Å²) in [4.78, 5) is 2.30. The summed E-state index contributed by atoms with van der Waals surface area (Å²) in [6.07, 6.45) is 1.47. The van der Waals surface area contributed by atoms with Crippen molar-refractivity contribution in [1.29, 1.82) is 0 Å². The molecule has 0 aliphatic carbocycles. The van der Waals surface area contributed by atoms with Crippen molar-refractivity contribution < 1.29 is 10.2 Å². The van der Waals surface area contributed by atoms with Gasteiger partial charge in [0.05, 0.1) is 12.7 Å². The summed E-state index contributed by atoms with van der Waals surface area (Å²) >= 11 is 0. The minimum atomic E-state index is -0.401. The van der Waals surface area contributed by atoms with Gasteiger partial charge in [-0.3, -0.25) is 4.90 Å². The van der Waals surface area contributed by atoms with E-state index in [1.54, 1.807) is 0 Å². The van der Waals surface area contributed by atoms with Gasteiger partial charge in [0.2, 0.25) is 0 Å². The highest BCUT2D eigenvalue weighted by Gasteiger charge is 2.30. The molecule has 1 aliphatic rings. The van der Waals surface area contributed by atoms with Crippen LogP contribution in [0.25, 0.3) is 0 Å². The molecule has 2 unspecified atom stereocenters. The number of nitrogens with zero attached hydrogens (tertiary/aromatic N) is 1. The third-order valence-electron chi connectivity index (χ3n) is 4.06. The lowest BCUT2D eigenvalue weighted by Gasteiger charge is -2.26. The summed E-state index contributed by atoms with van der Waals surface area (Å²) in [5.41, 5.74) is 0.977. The SMILES string of the molecule is CC1CCN(CC[C@@H](O)c2ccccc2)C1CO. The second kappa shape index (κ2) is 6.32. The molecule has 0 aromatic heterocycles. The lowest BCUT2D eigenvalue weighted by molar-refractivity contribution is 0.107. The summed E-state index contributed by atoms with van der Waals surface area (Å²) in [6.45, 7) is 4.30. The van der Waals surface area contributed by atoms with Crippen LogP contribution >= 0.6 is 0 Å². The Morgan fingerprint density at radius 1 is 1.33 bits per heavy atom. The minimum absolute atomic E-state index is 0.225. The lowest BCUT2D eigenvalue weighted by atomic mass is 10.0. The molecule has 0 bridgehead atoms. The topological polar surface area (TPSA) is 43.7 Å². The maximum Gasteiger partial charge on any atom is 0.0802 e. The number of aliphatic hydroxyl groups excluding tert-OH is 2. The molecule has 2 rings (SSSR count). The van der Waals surface area contributed by atoms with E-state index in [-0.39, 0.29) is 12.6 Å². The third-order valence-corrected chi connectivity index (χ3v) is 4.06. The van der Waals surface area contributed by atoms with Gasteiger partial charge >= 0.3 is 0 Å². The predicted octanol–water partition coefficient (Wildman–Crippen LogP) is 1.81. The number of rotatable bonds is 5. The van der Waals surface area contributed by atoms with Gasteiger partial charge in [0.15, 0.2) is 0 Å². The zero-order valence-electron chi connectivity index (χ0n) is 11.0. The van der Waals surface area contributed by atoms with Crippen molar-refractivity contribution in [2.75, 3.05) is 19.7 Å². The van der Waals surface area contributed by atoms with Crippen LogP contribution in [0.3, 0.4) is 0 Å². The average molecular weight is 249 g/mol. The van der Waals surface area contributed by atoms with Crippen molar-refractivity contribution in [1.82, 2.24) is 4.90 Å². The van der Waals surface area contributed by atoms with E-state index < -0.39 is 6.10 Å². The molecule has 3 nitrogen and oxygen atoms in total. The Morgan fingerprint density at radius 3 is 2.72 bits per heavy atom. The van der Waals surface area contributed by atoms with Crippen molar-refractivity contribution in [3.8, 4) is 0 Å². The predicted molar refractivity (Wildman–Crippen MR) is 72.2 cm³/mol. The fraction of sp³-hybridized carbons (Fsp3) is 0.600. The molecule has 1 saturated heterocycles. The summed E-state index contributed by atoms with van der Waals surface area (Å²) in [5, 5.41) is 19.5. The van der Waals surface area contributed by atoms with E-state index in [2.05, 4.69) is 11.8 Å². The summed E-state index contributed by atoms with van der Waals surface area (Å²) in [5.74, 6) is 0.559. The molecule has 18 heavy (non-hydrogen) atoms. The second-order valence-electron chi connectivity index (χ2n) is 5.27. The van der Waals surface area contributed by atoms with Crippen LogP contribution in [-0.4, -0.2) is 40.9 Å². The standard InChI is InChI=1S/C15H23NO2/c1-12-7-9-16(14(12)11-17)10-8-15(18)13-5-3-2-4-6-13/h2-6,12,14-15,17-18H,7-11H2,1H3/t12?,14?,15-/m1/s1. The largest absolute Gasteiger partial charge is 0.395 e. The molecule has 2 N–H and O–H groups in total. The van der Waals surface area contributed by atoms with Gasteiger partial charge in [0.1, 0.15) is 0 Å². The second-order valence-corrected chi connectivity index (χ2v) is 5.27. The summed E-state index contributed by atoms with van der Waals surface area (Å²) in [6, 6.07) is 10.1. The van der Waals surface area contributed by atoms with Crippen LogP contribution in [0, 0.1) is 5.92 Å². The molecule has 1 aromatic rings. The van der Waals surface area contributed by atoms with Crippen LogP contribution in [0.1, 0.15) is 31.4 Å². The molecule has 0 radical (unpaired) electrons. The Hall–Kier alpha value is -0.900. The molecule has 1 fully saturated rings. The molecule has 0 amide bonds. The number of hydrogen-bond donors (Lipinski definition) is 2. The monoisotopic (exact) mass is 249 g/mol. The maximum atomic E-state index is 10.1. The summed E-state index contributed by atoms with van der Waals surface area (Å²) < 4.78 is 0. The molecular formula is C15H23NO2. The lowest BCUT2D eigenvalue weighted by Crippen LogP contribution is -2.36. The molecule has 1 aliphatic heterocycles. The average Bonchev–Trinajstić information content (AvgIpc) is 2.77. The first-order chi connectivity index (χ1) is 8.72. The Bertz CT molecular complexity index is 355. The van der Waals surface area contributed by atoms with E-state index >= 15 is 0 Å². The molecule has 3 heteroatoms. The molecular weight excluding hydrogens is 226 g/mol. The van der Waals surface area contributed by atoms with Crippen molar-refractivity contribution in [2.24, 2.45) is 5.92 Å². The van der Waals surface area contributed by atoms with Crippen molar-refractivity contribution in [3.05, 3.63) is 35.9 Å². The Balaban J connectivity index is 1.85. The van der Waals surface area contributed by atoms with Crippen LogP contribution < -0.4 is 0 Å². The van der Waals surface area contributed by atoms with Crippen LogP contribution in [-0.2, 0) is 0 Å². The molecule has 1 heterocycles. The maximum absolute atomic E-state index is 10.1. The van der Waals surface area contributed by atoms with Gasteiger partial charge < -0.3 is 10.2 Å². The third kappa shape index (κ3) is 3.10. The molecule has 100 valence electrons. The van der Waals surface area contributed by atoms with E-state index in [1.807, 2.05) is 30.3 Å². The molecule has 0 spiro atoms. The highest BCUT2D eigenvalue weighted by Crippen LogP contribution is 2.25. The van der Waals surface area contributed by atoms with Crippen molar-refractivity contribution in [2.45, 2.75) is 31.9 Å². The number of likely N-dealkylation sites (tertiary alicyclic amines) is 1. The number of hydrogen-bond acceptors (Lipinski definition) is 3. The van der Waals surface area contributed by atoms with Crippen molar-refractivity contribution in [3.63, 3.8) is 0 Å². The van der Waals surface area contributed by atoms with Gasteiger partial charge in [-0.2, -0.15) is 0 Å². The molecule has 3 atom stereocenters. The molecule has 0 saturated carbocycles. The van der Waals surface area contributed by atoms with E-state index in [0.29, 0.717) is 5.92 Å². The van der Waals surface area contributed by atoms with Gasteiger partial charge in [-0.25, -0.2) is 0 Å². The first-order valence-electron chi connectivity index (χ1n) is 6.80. The van der Waals surface area contributed by atoms with Crippen LogP contribution in [0.15, 0.2) is 30.3 Å². The Morgan fingerprint density at radius 2 is 2.06 bits per heavy atom. The van der Waals surface area contributed by atoms with E-state index in [0.717, 1.165) is 31.5 Å². The van der Waals surface area contributed by atoms with Gasteiger partial charge in [-0.15, -0.1) is 0 Å². The zero-order chi connectivity index (χ0) is 13.0. The van der Waals surface area contributed by atoms with E-state index in [4.69, 9.17) is 0 Å². The Labute approximate surface area is 109 Å². The van der Waals surface area contributed by atoms with Gasteiger partial charge in [0.25, 0.3) is 0 Å². The van der Waals surface area contributed by atoms with Crippen molar-refractivity contribution >= 4 is 0 Å². The Kier molecular flexibility index (Phi) is 4.75. The van der Waals surface area contributed by atoms with E-state index in [9.17, 15) is 10.2 Å². The zero-order valence-corrected chi connectivity index (χ0v) is 11.0. The van der Waals surface area contributed by atoms with E-state index in [1.165, 1.54) is 0 Å². The first-order valence-corrected chi connectivity index (χ1v) is 6.80. The van der Waals surface area contributed by atoms with Crippen LogP contribution in [0.2, 0.25) is 0 Å². The first kappa shape index (κ1) is 13.5. The quantitative estimate of drug-likeness (QED) is 0.836. The normalized spacial score (nSPS) is 26.4. The highest BCUT2D eigenvalue weighted by molar-refractivity contribution is 5.17. The fourth-order valence-electron chi connectivity index (χ4n) is 2.79. The van der Waals surface area contributed by atoms with Gasteiger partial charge in [-0.1, -0.05) is 37.3 Å². The van der Waals surface area contributed by atoms with Crippen LogP contribution in [0.5, 0.6) is 0 Å². The minimum Gasteiger partial charge on any atom is -0.395 e. The highest BCUT2D eigenvalue weighted by atomic mass is 16.3. The number of aliphatic hydroxyl groups is 2. The molecule has 1 aromatic carbocycles. The number of benzene rings is 1. The smallest absolute Gasteiger partial charge is 0.0802 e. The van der Waals surface area contributed by atoms with Crippen LogP contribution in [0.4, 0.5) is 0 Å².